The van der Waals surface area contributed by atoms with Crippen molar-refractivity contribution < 1.29 is 17.9 Å². The third-order valence-electron chi connectivity index (χ3n) is 1.64. The molecule has 0 unspecified atom stereocenters. The molecule has 0 fully saturated rings. The number of anilines is 2. The van der Waals surface area contributed by atoms with Crippen LogP contribution in [0.3, 0.4) is 0 Å². The first-order valence-electron chi connectivity index (χ1n) is 3.83. The molecule has 1 aromatic heterocycles. The van der Waals surface area contributed by atoms with Crippen LogP contribution in [0.25, 0.3) is 0 Å². The highest BCUT2D eigenvalue weighted by atomic mass is 19.4. The smallest absolute Gasteiger partial charge is 0.397 e. The molecule has 8 heteroatoms. The van der Waals surface area contributed by atoms with Gasteiger partial charge in [-0.3, -0.25) is 0 Å². The number of aromatic nitrogens is 1. The zero-order valence-corrected chi connectivity index (χ0v) is 7.51. The maximum Gasteiger partial charge on any atom is 0.574 e. The molecular weight excluding hydrogens is 213 g/mol. The second-order valence-corrected chi connectivity index (χ2v) is 2.66. The highest BCUT2D eigenvalue weighted by Gasteiger charge is 2.33. The summed E-state index contributed by atoms with van der Waals surface area (Å²) >= 11 is 0. The summed E-state index contributed by atoms with van der Waals surface area (Å²) in [6, 6.07) is 0. The number of rotatable bonds is 2. The minimum Gasteiger partial charge on any atom is -0.397 e. The van der Waals surface area contributed by atoms with Gasteiger partial charge in [-0.15, -0.1) is 13.2 Å². The Balaban J connectivity index is 3.11. The number of hydrogen-bond acceptors (Lipinski definition) is 5. The van der Waals surface area contributed by atoms with Crippen molar-refractivity contribution in [3.63, 3.8) is 0 Å². The molecule has 0 aliphatic rings. The Morgan fingerprint density at radius 1 is 1.33 bits per heavy atom. The molecule has 6 N–H and O–H groups in total. The van der Waals surface area contributed by atoms with Crippen molar-refractivity contribution in [2.45, 2.75) is 12.9 Å². The minimum absolute atomic E-state index is 0.0889. The Morgan fingerprint density at radius 2 is 1.93 bits per heavy atom. The van der Waals surface area contributed by atoms with E-state index in [9.17, 15) is 13.2 Å². The van der Waals surface area contributed by atoms with E-state index in [4.69, 9.17) is 17.2 Å². The van der Waals surface area contributed by atoms with Crippen LogP contribution in [-0.2, 0) is 6.54 Å². The summed E-state index contributed by atoms with van der Waals surface area (Å²) in [4.78, 5) is 3.32. The SMILES string of the molecule is NCc1c(N)cnc(OC(F)(F)F)c1N. The summed E-state index contributed by atoms with van der Waals surface area (Å²) in [5, 5.41) is 0. The van der Waals surface area contributed by atoms with Crippen LogP contribution >= 0.6 is 0 Å². The van der Waals surface area contributed by atoms with Gasteiger partial charge in [-0.1, -0.05) is 0 Å². The van der Waals surface area contributed by atoms with Crippen LogP contribution < -0.4 is 21.9 Å². The van der Waals surface area contributed by atoms with E-state index in [1.165, 1.54) is 0 Å². The molecule has 1 rings (SSSR count). The monoisotopic (exact) mass is 222 g/mol. The number of nitrogen functional groups attached to an aromatic ring is 2. The van der Waals surface area contributed by atoms with Crippen molar-refractivity contribution in [3.8, 4) is 5.88 Å². The molecule has 1 aromatic rings. The van der Waals surface area contributed by atoms with Crippen molar-refractivity contribution in [2.75, 3.05) is 11.5 Å². The minimum atomic E-state index is -4.84. The number of halogens is 3. The standard InChI is InChI=1S/C7H9F3N4O/c8-7(9,10)15-6-5(13)3(1-11)4(12)2-14-6/h2H,1,11-13H2. The van der Waals surface area contributed by atoms with E-state index >= 15 is 0 Å². The lowest BCUT2D eigenvalue weighted by Crippen LogP contribution is -2.20. The first kappa shape index (κ1) is 11.4. The van der Waals surface area contributed by atoms with E-state index < -0.39 is 12.2 Å². The van der Waals surface area contributed by atoms with Gasteiger partial charge in [-0.05, 0) is 0 Å². The van der Waals surface area contributed by atoms with Crippen LogP contribution in [0, 0.1) is 0 Å². The molecule has 0 atom stereocenters. The van der Waals surface area contributed by atoms with Crippen molar-refractivity contribution in [3.05, 3.63) is 11.8 Å². The summed E-state index contributed by atoms with van der Waals surface area (Å²) in [5.74, 6) is -0.739. The first-order valence-corrected chi connectivity index (χ1v) is 3.83. The Hall–Kier alpha value is -1.70. The lowest BCUT2D eigenvalue weighted by atomic mass is 10.2. The normalized spacial score (nSPS) is 11.5. The van der Waals surface area contributed by atoms with E-state index in [0.717, 1.165) is 6.20 Å². The molecule has 0 spiro atoms. The summed E-state index contributed by atoms with van der Waals surface area (Å²) in [6.07, 6.45) is -3.83. The number of pyridine rings is 1. The van der Waals surface area contributed by atoms with Crippen LogP contribution in [0.1, 0.15) is 5.56 Å². The van der Waals surface area contributed by atoms with E-state index in [1.807, 2.05) is 0 Å². The zero-order chi connectivity index (χ0) is 11.6. The van der Waals surface area contributed by atoms with Gasteiger partial charge < -0.3 is 21.9 Å². The predicted octanol–water partition coefficient (Wildman–Crippen LogP) is 0.603. The van der Waals surface area contributed by atoms with Gasteiger partial charge in [-0.25, -0.2) is 4.98 Å². The summed E-state index contributed by atoms with van der Waals surface area (Å²) in [5.41, 5.74) is 16.0. The van der Waals surface area contributed by atoms with Crippen molar-refractivity contribution in [1.29, 1.82) is 0 Å². The molecular formula is C7H9F3N4O. The van der Waals surface area contributed by atoms with Crippen LogP contribution in [0.15, 0.2) is 6.20 Å². The molecule has 0 saturated carbocycles. The van der Waals surface area contributed by atoms with Crippen LogP contribution in [0.5, 0.6) is 5.88 Å². The molecule has 0 amide bonds. The fourth-order valence-electron chi connectivity index (χ4n) is 0.979. The van der Waals surface area contributed by atoms with Gasteiger partial charge in [0.05, 0.1) is 11.9 Å². The quantitative estimate of drug-likeness (QED) is 0.680. The second kappa shape index (κ2) is 3.81. The lowest BCUT2D eigenvalue weighted by molar-refractivity contribution is -0.275. The zero-order valence-electron chi connectivity index (χ0n) is 7.51. The van der Waals surface area contributed by atoms with Gasteiger partial charge >= 0.3 is 6.36 Å². The average Bonchev–Trinajstić information content (AvgIpc) is 2.09. The number of ether oxygens (including phenoxy) is 1. The fourth-order valence-corrected chi connectivity index (χ4v) is 0.979. The maximum atomic E-state index is 11.9. The van der Waals surface area contributed by atoms with E-state index in [1.54, 1.807) is 0 Å². The van der Waals surface area contributed by atoms with Crippen LogP contribution in [0.2, 0.25) is 0 Å². The fraction of sp³-hybridized carbons (Fsp3) is 0.286. The van der Waals surface area contributed by atoms with Crippen molar-refractivity contribution in [2.24, 2.45) is 5.73 Å². The molecule has 1 heterocycles. The number of alkyl halides is 3. The molecule has 0 aliphatic carbocycles. The third kappa shape index (κ3) is 2.62. The number of nitrogens with two attached hydrogens (primary N) is 3. The van der Waals surface area contributed by atoms with E-state index in [0.29, 0.717) is 0 Å². The predicted molar refractivity (Wildman–Crippen MR) is 47.6 cm³/mol. The van der Waals surface area contributed by atoms with Crippen LogP contribution in [0.4, 0.5) is 24.5 Å². The molecule has 0 radical (unpaired) electrons. The van der Waals surface area contributed by atoms with E-state index in [-0.39, 0.29) is 23.5 Å². The number of hydrogen-bond donors (Lipinski definition) is 3. The topological polar surface area (TPSA) is 100 Å². The van der Waals surface area contributed by atoms with E-state index in [2.05, 4.69) is 9.72 Å². The van der Waals surface area contributed by atoms with Gasteiger partial charge in [0.1, 0.15) is 5.69 Å². The Kier molecular flexibility index (Phi) is 2.89. The van der Waals surface area contributed by atoms with Gasteiger partial charge in [0.15, 0.2) is 0 Å². The molecule has 0 saturated heterocycles. The largest absolute Gasteiger partial charge is 0.574 e. The lowest BCUT2D eigenvalue weighted by Gasteiger charge is -2.13. The van der Waals surface area contributed by atoms with Gasteiger partial charge in [0.2, 0.25) is 5.88 Å². The Bertz CT molecular complexity index is 366. The summed E-state index contributed by atoms with van der Waals surface area (Å²) < 4.78 is 39.2. The number of nitrogens with zero attached hydrogens (tertiary/aromatic N) is 1. The molecule has 0 aliphatic heterocycles. The van der Waals surface area contributed by atoms with Crippen LogP contribution in [-0.4, -0.2) is 11.3 Å². The van der Waals surface area contributed by atoms with Gasteiger partial charge in [-0.2, -0.15) is 0 Å². The first-order chi connectivity index (χ1) is 6.85. The molecule has 0 aromatic carbocycles. The van der Waals surface area contributed by atoms with Crippen molar-refractivity contribution >= 4 is 11.4 Å². The van der Waals surface area contributed by atoms with Gasteiger partial charge in [0, 0.05) is 12.1 Å². The molecule has 5 nitrogen and oxygen atoms in total. The highest BCUT2D eigenvalue weighted by Crippen LogP contribution is 2.30. The molecule has 0 bridgehead atoms. The Morgan fingerprint density at radius 3 is 2.40 bits per heavy atom. The average molecular weight is 222 g/mol. The molecule has 15 heavy (non-hydrogen) atoms. The third-order valence-corrected chi connectivity index (χ3v) is 1.64. The molecule has 84 valence electrons. The maximum absolute atomic E-state index is 11.9. The highest BCUT2D eigenvalue weighted by molar-refractivity contribution is 5.64. The summed E-state index contributed by atoms with van der Waals surface area (Å²) in [7, 11) is 0. The summed E-state index contributed by atoms with van der Waals surface area (Å²) in [6.45, 7) is -0.0889. The Labute approximate surface area is 83.0 Å². The second-order valence-electron chi connectivity index (χ2n) is 2.66. The van der Waals surface area contributed by atoms with Gasteiger partial charge in [0.25, 0.3) is 0 Å². The van der Waals surface area contributed by atoms with Crippen molar-refractivity contribution in [1.82, 2.24) is 4.98 Å².